The van der Waals surface area contributed by atoms with Gasteiger partial charge in [0, 0.05) is 11.3 Å². The van der Waals surface area contributed by atoms with E-state index in [0.717, 1.165) is 22.4 Å². The first-order chi connectivity index (χ1) is 15.0. The Balaban J connectivity index is 1.69. The standard InChI is InChI=1S/C23H21FN4O3/c1-3-29-19-10-15(6-9-18(19)30-12-14-4-7-16(24)8-5-14)21-17(11-25)22(26)31-23-20(21)13(2)27-28-23/h4-10,21H,3,12,26H2,1-2H3,(H,27,28)/t21-/m1/s1. The number of ether oxygens (including phenoxy) is 3. The maximum absolute atomic E-state index is 13.1. The fraction of sp³-hybridized carbons (Fsp3) is 0.217. The third kappa shape index (κ3) is 3.90. The molecular formula is C23H21FN4O3. The Morgan fingerprint density at radius 2 is 1.97 bits per heavy atom. The van der Waals surface area contributed by atoms with Crippen molar-refractivity contribution in [2.24, 2.45) is 5.73 Å². The Labute approximate surface area is 178 Å². The number of allylic oxidation sites excluding steroid dienone is 1. The highest BCUT2D eigenvalue weighted by Gasteiger charge is 2.34. The van der Waals surface area contributed by atoms with E-state index in [1.165, 1.54) is 12.1 Å². The molecule has 0 fully saturated rings. The third-order valence-electron chi connectivity index (χ3n) is 5.04. The number of rotatable bonds is 6. The lowest BCUT2D eigenvalue weighted by Gasteiger charge is -2.24. The van der Waals surface area contributed by atoms with Crippen LogP contribution in [0.25, 0.3) is 0 Å². The highest BCUT2D eigenvalue weighted by atomic mass is 19.1. The zero-order valence-corrected chi connectivity index (χ0v) is 17.1. The van der Waals surface area contributed by atoms with Crippen LogP contribution in [0.15, 0.2) is 53.9 Å². The van der Waals surface area contributed by atoms with Gasteiger partial charge in [-0.15, -0.1) is 5.10 Å². The van der Waals surface area contributed by atoms with E-state index in [0.29, 0.717) is 29.6 Å². The molecule has 1 atom stereocenters. The fourth-order valence-corrected chi connectivity index (χ4v) is 3.57. The van der Waals surface area contributed by atoms with Crippen molar-refractivity contribution in [3.63, 3.8) is 0 Å². The van der Waals surface area contributed by atoms with Gasteiger partial charge in [0.15, 0.2) is 11.5 Å². The number of aromatic nitrogens is 2. The van der Waals surface area contributed by atoms with Gasteiger partial charge in [-0.1, -0.05) is 18.2 Å². The topological polar surface area (TPSA) is 106 Å². The Kier molecular flexibility index (Phi) is 5.50. The molecule has 2 heterocycles. The van der Waals surface area contributed by atoms with Gasteiger partial charge in [-0.05, 0) is 49.2 Å². The quantitative estimate of drug-likeness (QED) is 0.623. The minimum atomic E-state index is -0.446. The number of nitrogens with one attached hydrogen (secondary N) is 1. The van der Waals surface area contributed by atoms with E-state index in [9.17, 15) is 9.65 Å². The minimum absolute atomic E-state index is 0.0288. The molecule has 31 heavy (non-hydrogen) atoms. The molecule has 7 nitrogen and oxygen atoms in total. The first-order valence-corrected chi connectivity index (χ1v) is 9.78. The van der Waals surface area contributed by atoms with Crippen molar-refractivity contribution in [2.75, 3.05) is 6.61 Å². The van der Waals surface area contributed by atoms with Gasteiger partial charge >= 0.3 is 0 Å². The number of hydrogen-bond acceptors (Lipinski definition) is 6. The molecule has 158 valence electrons. The molecule has 0 bridgehead atoms. The van der Waals surface area contributed by atoms with Crippen LogP contribution in [-0.2, 0) is 6.61 Å². The molecular weight excluding hydrogens is 399 g/mol. The van der Waals surface area contributed by atoms with E-state index in [2.05, 4.69) is 16.3 Å². The number of H-pyrrole nitrogens is 1. The summed E-state index contributed by atoms with van der Waals surface area (Å²) >= 11 is 0. The summed E-state index contributed by atoms with van der Waals surface area (Å²) in [6.07, 6.45) is 0. The molecule has 4 rings (SSSR count). The molecule has 0 saturated carbocycles. The molecule has 2 aromatic carbocycles. The van der Waals surface area contributed by atoms with Crippen LogP contribution in [0.2, 0.25) is 0 Å². The first-order valence-electron chi connectivity index (χ1n) is 9.78. The predicted molar refractivity (Wildman–Crippen MR) is 111 cm³/mol. The van der Waals surface area contributed by atoms with Crippen molar-refractivity contribution in [3.05, 3.63) is 82.1 Å². The molecule has 1 aliphatic heterocycles. The van der Waals surface area contributed by atoms with Crippen LogP contribution in [-0.4, -0.2) is 16.8 Å². The number of fused-ring (bicyclic) bond motifs is 1. The van der Waals surface area contributed by atoms with Gasteiger partial charge in [-0.3, -0.25) is 5.10 Å². The van der Waals surface area contributed by atoms with Crippen LogP contribution in [0.1, 0.15) is 35.2 Å². The second kappa shape index (κ2) is 8.40. The summed E-state index contributed by atoms with van der Waals surface area (Å²) in [5.74, 6) is 0.718. The van der Waals surface area contributed by atoms with Crippen LogP contribution < -0.4 is 19.9 Å². The highest BCUT2D eigenvalue weighted by Crippen LogP contribution is 2.44. The number of benzene rings is 2. The van der Waals surface area contributed by atoms with Crippen molar-refractivity contribution in [2.45, 2.75) is 26.4 Å². The van der Waals surface area contributed by atoms with E-state index in [1.54, 1.807) is 18.2 Å². The second-order valence-electron chi connectivity index (χ2n) is 7.05. The molecule has 0 radical (unpaired) electrons. The number of nitrogens with two attached hydrogens (primary N) is 1. The van der Waals surface area contributed by atoms with Gasteiger partial charge in [0.25, 0.3) is 0 Å². The lowest BCUT2D eigenvalue weighted by molar-refractivity contribution is 0.269. The van der Waals surface area contributed by atoms with E-state index < -0.39 is 5.92 Å². The molecule has 0 aliphatic carbocycles. The summed E-state index contributed by atoms with van der Waals surface area (Å²) in [5, 5.41) is 16.8. The number of aryl methyl sites for hydroxylation is 1. The van der Waals surface area contributed by atoms with E-state index in [4.69, 9.17) is 19.9 Å². The SMILES string of the molecule is CCOc1cc([C@@H]2C(C#N)=C(N)Oc3n[nH]c(C)c32)ccc1OCc1ccc(F)cc1. The molecule has 0 unspecified atom stereocenters. The Bertz CT molecular complexity index is 1180. The minimum Gasteiger partial charge on any atom is -0.490 e. The summed E-state index contributed by atoms with van der Waals surface area (Å²) in [6.45, 7) is 4.44. The Morgan fingerprint density at radius 3 is 2.68 bits per heavy atom. The molecule has 0 saturated heterocycles. The van der Waals surface area contributed by atoms with Gasteiger partial charge in [-0.2, -0.15) is 5.26 Å². The summed E-state index contributed by atoms with van der Waals surface area (Å²) in [6, 6.07) is 13.8. The largest absolute Gasteiger partial charge is 0.490 e. The summed E-state index contributed by atoms with van der Waals surface area (Å²) in [7, 11) is 0. The van der Waals surface area contributed by atoms with Crippen LogP contribution in [0.3, 0.4) is 0 Å². The molecule has 0 spiro atoms. The predicted octanol–water partition coefficient (Wildman–Crippen LogP) is 4.05. The number of aromatic amines is 1. The van der Waals surface area contributed by atoms with Crippen molar-refractivity contribution in [1.29, 1.82) is 5.26 Å². The first kappa shape index (κ1) is 20.3. The molecule has 3 aromatic rings. The normalized spacial score (nSPS) is 15.1. The highest BCUT2D eigenvalue weighted by molar-refractivity contribution is 5.57. The lowest BCUT2D eigenvalue weighted by Crippen LogP contribution is -2.21. The van der Waals surface area contributed by atoms with E-state index in [-0.39, 0.29) is 18.3 Å². The van der Waals surface area contributed by atoms with E-state index >= 15 is 0 Å². The molecule has 1 aromatic heterocycles. The lowest BCUT2D eigenvalue weighted by atomic mass is 9.84. The van der Waals surface area contributed by atoms with Crippen LogP contribution in [0.5, 0.6) is 17.4 Å². The van der Waals surface area contributed by atoms with Gasteiger partial charge in [0.2, 0.25) is 11.8 Å². The molecule has 3 N–H and O–H groups in total. The number of halogens is 1. The number of nitriles is 1. The smallest absolute Gasteiger partial charge is 0.244 e. The summed E-state index contributed by atoms with van der Waals surface area (Å²) in [4.78, 5) is 0. The molecule has 8 heteroatoms. The summed E-state index contributed by atoms with van der Waals surface area (Å²) < 4.78 is 30.4. The van der Waals surface area contributed by atoms with Crippen molar-refractivity contribution in [1.82, 2.24) is 10.2 Å². The number of hydrogen-bond donors (Lipinski definition) is 2. The van der Waals surface area contributed by atoms with Gasteiger partial charge in [0.1, 0.15) is 24.1 Å². The van der Waals surface area contributed by atoms with Gasteiger partial charge in [-0.25, -0.2) is 4.39 Å². The van der Waals surface area contributed by atoms with Crippen LogP contribution >= 0.6 is 0 Å². The number of nitrogens with zero attached hydrogens (tertiary/aromatic N) is 2. The monoisotopic (exact) mass is 420 g/mol. The second-order valence-corrected chi connectivity index (χ2v) is 7.05. The average Bonchev–Trinajstić information content (AvgIpc) is 3.13. The third-order valence-corrected chi connectivity index (χ3v) is 5.04. The van der Waals surface area contributed by atoms with Crippen LogP contribution in [0.4, 0.5) is 4.39 Å². The maximum atomic E-state index is 13.1. The Morgan fingerprint density at radius 1 is 1.19 bits per heavy atom. The van der Waals surface area contributed by atoms with Gasteiger partial charge in [0.05, 0.1) is 12.5 Å². The van der Waals surface area contributed by atoms with Crippen molar-refractivity contribution in [3.8, 4) is 23.4 Å². The Hall–Kier alpha value is -3.99. The molecule has 1 aliphatic rings. The fourth-order valence-electron chi connectivity index (χ4n) is 3.57. The zero-order chi connectivity index (χ0) is 22.0. The van der Waals surface area contributed by atoms with Crippen molar-refractivity contribution < 1.29 is 18.6 Å². The van der Waals surface area contributed by atoms with Crippen LogP contribution in [0, 0.1) is 24.1 Å². The van der Waals surface area contributed by atoms with Crippen molar-refractivity contribution >= 4 is 0 Å². The average molecular weight is 420 g/mol. The summed E-state index contributed by atoms with van der Waals surface area (Å²) in [5.41, 5.74) is 9.47. The van der Waals surface area contributed by atoms with Gasteiger partial charge < -0.3 is 19.9 Å². The van der Waals surface area contributed by atoms with E-state index in [1.807, 2.05) is 26.0 Å². The molecule has 0 amide bonds. The zero-order valence-electron chi connectivity index (χ0n) is 17.1. The maximum Gasteiger partial charge on any atom is 0.244 e.